The van der Waals surface area contributed by atoms with Crippen molar-refractivity contribution >= 4 is 27.3 Å². The third-order valence-corrected chi connectivity index (χ3v) is 8.34. The number of benzene rings is 2. The number of nitrogens with zero attached hydrogens (tertiary/aromatic N) is 2. The predicted octanol–water partition coefficient (Wildman–Crippen LogP) is 3.66. The number of anilines is 2. The number of aryl methyl sites for hydroxylation is 1. The van der Waals surface area contributed by atoms with Gasteiger partial charge in [-0.2, -0.15) is 4.31 Å². The number of carbonyl (C=O) groups is 1. The first-order valence-electron chi connectivity index (χ1n) is 11.8. The Hall–Kier alpha value is -2.62. The van der Waals surface area contributed by atoms with E-state index in [0.717, 1.165) is 37.2 Å². The number of amides is 1. The van der Waals surface area contributed by atoms with Gasteiger partial charge in [0.15, 0.2) is 0 Å². The number of morpholine rings is 1. The highest BCUT2D eigenvalue weighted by Crippen LogP contribution is 2.33. The van der Waals surface area contributed by atoms with Gasteiger partial charge in [0.25, 0.3) is 5.91 Å². The van der Waals surface area contributed by atoms with Crippen LogP contribution in [0.1, 0.15) is 41.6 Å². The van der Waals surface area contributed by atoms with E-state index in [4.69, 9.17) is 9.47 Å². The molecule has 2 fully saturated rings. The van der Waals surface area contributed by atoms with E-state index in [1.54, 1.807) is 31.4 Å². The molecule has 1 N–H and O–H groups in total. The van der Waals surface area contributed by atoms with Crippen LogP contribution in [-0.2, 0) is 14.8 Å². The van der Waals surface area contributed by atoms with E-state index < -0.39 is 10.0 Å². The van der Waals surface area contributed by atoms with Gasteiger partial charge in [0.2, 0.25) is 10.0 Å². The first kappa shape index (κ1) is 24.5. The van der Waals surface area contributed by atoms with Gasteiger partial charge in [0, 0.05) is 31.7 Å². The normalized spacial score (nSPS) is 17.8. The average molecular weight is 488 g/mol. The van der Waals surface area contributed by atoms with Crippen LogP contribution in [0.3, 0.4) is 0 Å². The molecule has 8 nitrogen and oxygen atoms in total. The number of ether oxygens (including phenoxy) is 2. The maximum atomic E-state index is 13.3. The molecule has 2 heterocycles. The summed E-state index contributed by atoms with van der Waals surface area (Å²) in [5.41, 5.74) is 2.73. The van der Waals surface area contributed by atoms with Crippen LogP contribution in [-0.4, -0.2) is 65.1 Å². The zero-order valence-electron chi connectivity index (χ0n) is 19.9. The highest BCUT2D eigenvalue weighted by atomic mass is 32.2. The third kappa shape index (κ3) is 5.37. The molecule has 4 rings (SSSR count). The summed E-state index contributed by atoms with van der Waals surface area (Å²) in [5.74, 6) is 0.319. The molecule has 0 aliphatic carbocycles. The van der Waals surface area contributed by atoms with Crippen LogP contribution in [0.4, 0.5) is 11.4 Å². The molecule has 0 aromatic heterocycles. The minimum absolute atomic E-state index is 0.171. The molecule has 0 bridgehead atoms. The molecule has 2 aliphatic rings. The lowest BCUT2D eigenvalue weighted by atomic mass is 10.1. The zero-order valence-corrected chi connectivity index (χ0v) is 20.7. The molecular weight excluding hydrogens is 454 g/mol. The zero-order chi connectivity index (χ0) is 24.1. The van der Waals surface area contributed by atoms with Crippen LogP contribution >= 0.6 is 0 Å². The highest BCUT2D eigenvalue weighted by Gasteiger charge is 2.28. The number of rotatable bonds is 6. The van der Waals surface area contributed by atoms with Gasteiger partial charge < -0.3 is 19.7 Å². The average Bonchev–Trinajstić information content (AvgIpc) is 3.14. The maximum absolute atomic E-state index is 13.3. The minimum Gasteiger partial charge on any atom is -0.496 e. The Labute approximate surface area is 201 Å². The van der Waals surface area contributed by atoms with E-state index in [0.29, 0.717) is 43.3 Å². The molecule has 1 amide bonds. The summed E-state index contributed by atoms with van der Waals surface area (Å²) in [6, 6.07) is 10.3. The van der Waals surface area contributed by atoms with Crippen LogP contribution in [0, 0.1) is 6.92 Å². The van der Waals surface area contributed by atoms with E-state index in [2.05, 4.69) is 10.2 Å². The molecule has 0 saturated carbocycles. The first-order chi connectivity index (χ1) is 16.4. The molecule has 2 saturated heterocycles. The van der Waals surface area contributed by atoms with Crippen LogP contribution in [0.15, 0.2) is 41.3 Å². The van der Waals surface area contributed by atoms with Crippen molar-refractivity contribution in [2.24, 2.45) is 0 Å². The Bertz CT molecular complexity index is 1120. The number of hydrogen-bond acceptors (Lipinski definition) is 6. The monoisotopic (exact) mass is 487 g/mol. The number of carbonyl (C=O) groups excluding carboxylic acids is 1. The minimum atomic E-state index is -3.69. The van der Waals surface area contributed by atoms with Crippen molar-refractivity contribution < 1.29 is 22.7 Å². The molecular formula is C25H33N3O5S. The van der Waals surface area contributed by atoms with E-state index in [1.807, 2.05) is 19.1 Å². The van der Waals surface area contributed by atoms with Crippen molar-refractivity contribution in [1.82, 2.24) is 4.31 Å². The summed E-state index contributed by atoms with van der Waals surface area (Å²) in [6.45, 7) is 5.06. The van der Waals surface area contributed by atoms with Crippen LogP contribution in [0.2, 0.25) is 0 Å². The molecule has 2 aliphatic heterocycles. The van der Waals surface area contributed by atoms with Crippen molar-refractivity contribution in [3.8, 4) is 5.75 Å². The fraction of sp³-hybridized carbons (Fsp3) is 0.480. The molecule has 0 unspecified atom stereocenters. The third-order valence-electron chi connectivity index (χ3n) is 6.44. The molecule has 2 aromatic rings. The summed E-state index contributed by atoms with van der Waals surface area (Å²) in [7, 11) is -2.12. The number of nitrogens with one attached hydrogen (secondary N) is 1. The van der Waals surface area contributed by atoms with Gasteiger partial charge in [0.1, 0.15) is 5.75 Å². The smallest absolute Gasteiger partial charge is 0.255 e. The highest BCUT2D eigenvalue weighted by molar-refractivity contribution is 7.89. The summed E-state index contributed by atoms with van der Waals surface area (Å²) in [5, 5.41) is 2.99. The summed E-state index contributed by atoms with van der Waals surface area (Å²) in [4.78, 5) is 15.6. The summed E-state index contributed by atoms with van der Waals surface area (Å²) in [6.07, 6.45) is 4.47. The van der Waals surface area contributed by atoms with E-state index >= 15 is 0 Å². The Morgan fingerprint density at radius 2 is 1.68 bits per heavy atom. The van der Waals surface area contributed by atoms with Gasteiger partial charge in [-0.25, -0.2) is 8.42 Å². The molecule has 184 valence electrons. The van der Waals surface area contributed by atoms with Crippen molar-refractivity contribution in [3.63, 3.8) is 0 Å². The van der Waals surface area contributed by atoms with E-state index in [9.17, 15) is 13.2 Å². The van der Waals surface area contributed by atoms with Crippen LogP contribution in [0.5, 0.6) is 5.75 Å². The second-order valence-corrected chi connectivity index (χ2v) is 10.7. The number of methoxy groups -OCH3 is 1. The molecule has 0 atom stereocenters. The van der Waals surface area contributed by atoms with Crippen LogP contribution < -0.4 is 15.0 Å². The first-order valence-corrected chi connectivity index (χ1v) is 13.3. The fourth-order valence-corrected chi connectivity index (χ4v) is 5.89. The van der Waals surface area contributed by atoms with Gasteiger partial charge >= 0.3 is 0 Å². The Balaban J connectivity index is 1.69. The number of sulfonamides is 1. The maximum Gasteiger partial charge on any atom is 0.255 e. The SMILES string of the molecule is COc1cc(C(=O)Nc2cc(S(=O)(=O)N3CCOCC3)ccc2N2CCCCCC2)ccc1C. The lowest BCUT2D eigenvalue weighted by molar-refractivity contribution is 0.0730. The predicted molar refractivity (Wildman–Crippen MR) is 132 cm³/mol. The molecule has 34 heavy (non-hydrogen) atoms. The molecule has 9 heteroatoms. The van der Waals surface area contributed by atoms with Gasteiger partial charge in [-0.3, -0.25) is 4.79 Å². The second kappa shape index (κ2) is 10.8. The standard InChI is InChI=1S/C25H33N3O5S/c1-19-7-8-20(17-24(19)32-2)25(29)26-22-18-21(34(30,31)28-13-15-33-16-14-28)9-10-23(22)27-11-5-3-4-6-12-27/h7-10,17-18H,3-6,11-16H2,1-2H3,(H,26,29). The van der Waals surface area contributed by atoms with Gasteiger partial charge in [-0.15, -0.1) is 0 Å². The van der Waals surface area contributed by atoms with Crippen molar-refractivity contribution in [2.75, 3.05) is 56.7 Å². The second-order valence-electron chi connectivity index (χ2n) is 8.74. The Kier molecular flexibility index (Phi) is 7.75. The van der Waals surface area contributed by atoms with Crippen molar-refractivity contribution in [2.45, 2.75) is 37.5 Å². The van der Waals surface area contributed by atoms with Crippen molar-refractivity contribution in [3.05, 3.63) is 47.5 Å². The fourth-order valence-electron chi connectivity index (χ4n) is 4.45. The quantitative estimate of drug-likeness (QED) is 0.669. The lowest BCUT2D eigenvalue weighted by Gasteiger charge is -2.28. The largest absolute Gasteiger partial charge is 0.496 e. The molecule has 2 aromatic carbocycles. The molecule has 0 spiro atoms. The van der Waals surface area contributed by atoms with E-state index in [-0.39, 0.29) is 10.8 Å². The van der Waals surface area contributed by atoms with Crippen LogP contribution in [0.25, 0.3) is 0 Å². The lowest BCUT2D eigenvalue weighted by Crippen LogP contribution is -2.40. The summed E-state index contributed by atoms with van der Waals surface area (Å²) < 4.78 is 38.7. The Morgan fingerprint density at radius 1 is 0.971 bits per heavy atom. The molecule has 0 radical (unpaired) electrons. The van der Waals surface area contributed by atoms with Crippen molar-refractivity contribution in [1.29, 1.82) is 0 Å². The Morgan fingerprint density at radius 3 is 2.35 bits per heavy atom. The van der Waals surface area contributed by atoms with E-state index in [1.165, 1.54) is 17.1 Å². The number of hydrogen-bond donors (Lipinski definition) is 1. The van der Waals surface area contributed by atoms with Gasteiger partial charge in [0.05, 0.1) is 36.6 Å². The van der Waals surface area contributed by atoms with Gasteiger partial charge in [-0.1, -0.05) is 18.9 Å². The topological polar surface area (TPSA) is 88.2 Å². The summed E-state index contributed by atoms with van der Waals surface area (Å²) >= 11 is 0. The van der Waals surface area contributed by atoms with Gasteiger partial charge in [-0.05, 0) is 55.7 Å².